The van der Waals surface area contributed by atoms with Crippen molar-refractivity contribution in [2.45, 2.75) is 31.7 Å². The summed E-state index contributed by atoms with van der Waals surface area (Å²) in [7, 11) is 3.28. The lowest BCUT2D eigenvalue weighted by molar-refractivity contribution is -0.137. The summed E-state index contributed by atoms with van der Waals surface area (Å²) in [5, 5.41) is 12.3. The van der Waals surface area contributed by atoms with Crippen LogP contribution in [0.4, 0.5) is 5.69 Å². The number of piperidine rings is 1. The van der Waals surface area contributed by atoms with Crippen molar-refractivity contribution in [3.8, 4) is 11.5 Å². The summed E-state index contributed by atoms with van der Waals surface area (Å²) in [4.78, 5) is 12.9. The zero-order chi connectivity index (χ0) is 16.7. The molecule has 128 valence electrons. The third-order valence-corrected chi connectivity index (χ3v) is 4.09. The Morgan fingerprint density at radius 3 is 2.61 bits per heavy atom. The summed E-state index contributed by atoms with van der Waals surface area (Å²) in [6, 6.07) is 6.13. The largest absolute Gasteiger partial charge is 0.497 e. The number of hydrogen-bond acceptors (Lipinski definition) is 5. The van der Waals surface area contributed by atoms with Crippen LogP contribution in [-0.4, -0.2) is 55.9 Å². The fraction of sp³-hybridized carbons (Fsp3) is 0.588. The number of rotatable bonds is 8. The summed E-state index contributed by atoms with van der Waals surface area (Å²) in [6.07, 6.45) is 3.16. The molecule has 1 heterocycles. The predicted molar refractivity (Wildman–Crippen MR) is 89.5 cm³/mol. The molecule has 1 saturated heterocycles. The highest BCUT2D eigenvalue weighted by Gasteiger charge is 2.20. The average molecular weight is 322 g/mol. The van der Waals surface area contributed by atoms with E-state index >= 15 is 0 Å². The summed E-state index contributed by atoms with van der Waals surface area (Å²) in [5.41, 5.74) is 0.985. The van der Waals surface area contributed by atoms with E-state index in [0.717, 1.165) is 49.7 Å². The number of benzene rings is 1. The number of aliphatic carboxylic acids is 1. The summed E-state index contributed by atoms with van der Waals surface area (Å²) < 4.78 is 10.6. The number of nitrogens with zero attached hydrogens (tertiary/aromatic N) is 1. The standard InChI is InChI=1S/C17H26N2O4/c1-22-15-9-14(10-16(11-15)23-2)18-13-5-3-7-19(12-13)8-4-6-17(20)21/h9-11,13,18H,3-8,12H2,1-2H3,(H,20,21). The van der Waals surface area contributed by atoms with Crippen molar-refractivity contribution in [1.29, 1.82) is 0 Å². The Balaban J connectivity index is 1.90. The molecule has 2 N–H and O–H groups in total. The van der Waals surface area contributed by atoms with Gasteiger partial charge < -0.3 is 24.8 Å². The molecule has 0 aromatic heterocycles. The molecular formula is C17H26N2O4. The van der Waals surface area contributed by atoms with Gasteiger partial charge in [0.05, 0.1) is 14.2 Å². The molecule has 0 bridgehead atoms. The lowest BCUT2D eigenvalue weighted by Crippen LogP contribution is -2.42. The Morgan fingerprint density at radius 1 is 1.30 bits per heavy atom. The second-order valence-corrected chi connectivity index (χ2v) is 5.88. The van der Waals surface area contributed by atoms with Crippen LogP contribution in [0.1, 0.15) is 25.7 Å². The summed E-state index contributed by atoms with van der Waals surface area (Å²) >= 11 is 0. The second-order valence-electron chi connectivity index (χ2n) is 5.88. The van der Waals surface area contributed by atoms with Crippen molar-refractivity contribution >= 4 is 11.7 Å². The Hall–Kier alpha value is -1.95. The van der Waals surface area contributed by atoms with E-state index in [-0.39, 0.29) is 6.42 Å². The highest BCUT2D eigenvalue weighted by Crippen LogP contribution is 2.27. The van der Waals surface area contributed by atoms with Crippen LogP contribution in [-0.2, 0) is 4.79 Å². The van der Waals surface area contributed by atoms with Gasteiger partial charge in [-0.25, -0.2) is 0 Å². The van der Waals surface area contributed by atoms with Crippen LogP contribution in [0, 0.1) is 0 Å². The van der Waals surface area contributed by atoms with E-state index in [2.05, 4.69) is 10.2 Å². The van der Waals surface area contributed by atoms with Gasteiger partial charge in [-0.15, -0.1) is 0 Å². The highest BCUT2D eigenvalue weighted by atomic mass is 16.5. The van der Waals surface area contributed by atoms with Crippen molar-refractivity contribution in [3.05, 3.63) is 18.2 Å². The van der Waals surface area contributed by atoms with Gasteiger partial charge in [-0.1, -0.05) is 0 Å². The van der Waals surface area contributed by atoms with Crippen molar-refractivity contribution in [2.75, 3.05) is 39.2 Å². The Kier molecular flexibility index (Phi) is 6.52. The van der Waals surface area contributed by atoms with Gasteiger partial charge in [0.25, 0.3) is 0 Å². The van der Waals surface area contributed by atoms with Crippen LogP contribution in [0.15, 0.2) is 18.2 Å². The molecule has 0 aliphatic carbocycles. The van der Waals surface area contributed by atoms with Gasteiger partial charge in [0, 0.05) is 42.9 Å². The number of carbonyl (C=O) groups is 1. The first kappa shape index (κ1) is 17.4. The molecule has 1 aliphatic heterocycles. The number of anilines is 1. The predicted octanol–water partition coefficient (Wildman–Crippen LogP) is 2.44. The van der Waals surface area contributed by atoms with E-state index in [1.165, 1.54) is 0 Å². The lowest BCUT2D eigenvalue weighted by Gasteiger charge is -2.33. The first-order valence-electron chi connectivity index (χ1n) is 8.04. The molecule has 1 aromatic carbocycles. The molecule has 0 amide bonds. The lowest BCUT2D eigenvalue weighted by atomic mass is 10.0. The van der Waals surface area contributed by atoms with Crippen molar-refractivity contribution in [3.63, 3.8) is 0 Å². The van der Waals surface area contributed by atoms with E-state index in [1.54, 1.807) is 14.2 Å². The average Bonchev–Trinajstić information content (AvgIpc) is 2.54. The third-order valence-electron chi connectivity index (χ3n) is 4.09. The van der Waals surface area contributed by atoms with E-state index in [1.807, 2.05) is 18.2 Å². The van der Waals surface area contributed by atoms with Gasteiger partial charge in [-0.05, 0) is 32.4 Å². The monoisotopic (exact) mass is 322 g/mol. The summed E-state index contributed by atoms with van der Waals surface area (Å²) in [5.74, 6) is 0.808. The smallest absolute Gasteiger partial charge is 0.303 e. The van der Waals surface area contributed by atoms with Crippen LogP contribution in [0.5, 0.6) is 11.5 Å². The third kappa shape index (κ3) is 5.63. The van der Waals surface area contributed by atoms with Crippen LogP contribution < -0.4 is 14.8 Å². The fourth-order valence-corrected chi connectivity index (χ4v) is 2.96. The zero-order valence-electron chi connectivity index (χ0n) is 13.9. The molecule has 2 rings (SSSR count). The highest BCUT2D eigenvalue weighted by molar-refractivity contribution is 5.66. The van der Waals surface area contributed by atoms with E-state index < -0.39 is 5.97 Å². The molecule has 6 heteroatoms. The number of carboxylic acids is 1. The second kappa shape index (κ2) is 8.62. The normalized spacial score (nSPS) is 18.4. The van der Waals surface area contributed by atoms with Gasteiger partial charge in [-0.2, -0.15) is 0 Å². The molecular weight excluding hydrogens is 296 g/mol. The first-order valence-corrected chi connectivity index (χ1v) is 8.04. The number of hydrogen-bond donors (Lipinski definition) is 2. The molecule has 1 aromatic rings. The van der Waals surface area contributed by atoms with Gasteiger partial charge in [0.1, 0.15) is 11.5 Å². The Morgan fingerprint density at radius 2 is 2.00 bits per heavy atom. The van der Waals surface area contributed by atoms with Crippen molar-refractivity contribution in [2.24, 2.45) is 0 Å². The number of nitrogens with one attached hydrogen (secondary N) is 1. The molecule has 6 nitrogen and oxygen atoms in total. The Bertz CT molecular complexity index is 499. The van der Waals surface area contributed by atoms with E-state index in [9.17, 15) is 4.79 Å². The van der Waals surface area contributed by atoms with Crippen molar-refractivity contribution in [1.82, 2.24) is 4.90 Å². The molecule has 23 heavy (non-hydrogen) atoms. The molecule has 0 saturated carbocycles. The quantitative estimate of drug-likeness (QED) is 0.766. The van der Waals surface area contributed by atoms with Crippen molar-refractivity contribution < 1.29 is 19.4 Å². The maximum atomic E-state index is 10.6. The summed E-state index contributed by atoms with van der Waals surface area (Å²) in [6.45, 7) is 2.81. The van der Waals surface area contributed by atoms with Gasteiger partial charge >= 0.3 is 5.97 Å². The maximum absolute atomic E-state index is 10.6. The molecule has 1 unspecified atom stereocenters. The van der Waals surface area contributed by atoms with Gasteiger partial charge in [0.15, 0.2) is 0 Å². The molecule has 0 spiro atoms. The zero-order valence-corrected chi connectivity index (χ0v) is 13.9. The number of carboxylic acid groups (broad SMARTS) is 1. The van der Waals surface area contributed by atoms with E-state index in [4.69, 9.17) is 14.6 Å². The molecule has 0 radical (unpaired) electrons. The Labute approximate surface area is 137 Å². The van der Waals surface area contributed by atoms with Crippen LogP contribution in [0.25, 0.3) is 0 Å². The minimum atomic E-state index is -0.722. The fourth-order valence-electron chi connectivity index (χ4n) is 2.96. The minimum Gasteiger partial charge on any atom is -0.497 e. The SMILES string of the molecule is COc1cc(NC2CCCN(CCCC(=O)O)C2)cc(OC)c1. The molecule has 1 fully saturated rings. The van der Waals surface area contributed by atoms with Gasteiger partial charge in [0.2, 0.25) is 0 Å². The van der Waals surface area contributed by atoms with E-state index in [0.29, 0.717) is 12.5 Å². The molecule has 1 atom stereocenters. The van der Waals surface area contributed by atoms with Crippen LogP contribution >= 0.6 is 0 Å². The minimum absolute atomic E-state index is 0.238. The number of methoxy groups -OCH3 is 2. The molecule has 1 aliphatic rings. The number of ether oxygens (including phenoxy) is 2. The topological polar surface area (TPSA) is 71.0 Å². The number of likely N-dealkylation sites (tertiary alicyclic amines) is 1. The van der Waals surface area contributed by atoms with Gasteiger partial charge in [-0.3, -0.25) is 4.79 Å². The maximum Gasteiger partial charge on any atom is 0.303 e. The first-order chi connectivity index (χ1) is 11.1. The van der Waals surface area contributed by atoms with Crippen LogP contribution in [0.2, 0.25) is 0 Å². The van der Waals surface area contributed by atoms with Crippen LogP contribution in [0.3, 0.4) is 0 Å².